The number of hydrogen-bond donors (Lipinski definition) is 1. The number of nitrogens with one attached hydrogen (secondary N) is 1. The number of hydrogen-bond acceptors (Lipinski definition) is 6. The van der Waals surface area contributed by atoms with Gasteiger partial charge in [-0.1, -0.05) is 41.6 Å². The van der Waals surface area contributed by atoms with Crippen LogP contribution in [0.25, 0.3) is 11.4 Å². The zero-order valence-corrected chi connectivity index (χ0v) is 18.7. The topological polar surface area (TPSA) is 86.9 Å². The second-order valence-corrected chi connectivity index (χ2v) is 7.68. The molecule has 1 aromatic carbocycles. The molecular formula is C21H28N6O2S. The predicted octanol–water partition coefficient (Wildman–Crippen LogP) is 3.30. The molecule has 3 rings (SSSR count). The van der Waals surface area contributed by atoms with E-state index in [9.17, 15) is 4.79 Å². The van der Waals surface area contributed by atoms with E-state index in [0.717, 1.165) is 17.7 Å². The maximum absolute atomic E-state index is 12.3. The summed E-state index contributed by atoms with van der Waals surface area (Å²) in [6, 6.07) is 8.13. The number of carbonyl (C=O) groups is 1. The van der Waals surface area contributed by atoms with Crippen LogP contribution in [0.1, 0.15) is 31.9 Å². The highest BCUT2D eigenvalue weighted by molar-refractivity contribution is 7.99. The highest BCUT2D eigenvalue weighted by Crippen LogP contribution is 2.30. The van der Waals surface area contributed by atoms with E-state index in [2.05, 4.69) is 20.6 Å². The van der Waals surface area contributed by atoms with E-state index in [-0.39, 0.29) is 11.7 Å². The van der Waals surface area contributed by atoms with Gasteiger partial charge in [0.15, 0.2) is 11.0 Å². The molecule has 0 radical (unpaired) electrons. The number of thioether (sulfide) groups is 1. The lowest BCUT2D eigenvalue weighted by atomic mass is 10.1. The molecule has 30 heavy (non-hydrogen) atoms. The van der Waals surface area contributed by atoms with Gasteiger partial charge in [0.1, 0.15) is 5.56 Å². The molecule has 0 aliphatic carbocycles. The van der Waals surface area contributed by atoms with Gasteiger partial charge < -0.3 is 14.6 Å². The van der Waals surface area contributed by atoms with Crippen LogP contribution in [0.3, 0.4) is 0 Å². The molecule has 0 saturated carbocycles. The van der Waals surface area contributed by atoms with Gasteiger partial charge in [-0.15, -0.1) is 15.3 Å². The summed E-state index contributed by atoms with van der Waals surface area (Å²) in [5.41, 5.74) is 3.09. The third-order valence-electron chi connectivity index (χ3n) is 4.55. The lowest BCUT2D eigenvalue weighted by Crippen LogP contribution is -2.24. The van der Waals surface area contributed by atoms with E-state index < -0.39 is 0 Å². The molecule has 0 bridgehead atoms. The van der Waals surface area contributed by atoms with Crippen LogP contribution in [-0.4, -0.2) is 42.8 Å². The number of aromatic nitrogens is 5. The standard InChI is InChI=1S/C21H28N6O2S/c1-5-26-13-17(20(25-26)29-7-3)19-23-24-21(27(19)6-2)30-14-18(28)22-12-16-10-8-15(4)9-11-16/h8-11,13H,5-7,12,14H2,1-4H3,(H,22,28). The summed E-state index contributed by atoms with van der Waals surface area (Å²) in [6.07, 6.45) is 1.92. The minimum Gasteiger partial charge on any atom is -0.476 e. The number of carbonyl (C=O) groups excluding carboxylic acids is 1. The Labute approximate surface area is 181 Å². The van der Waals surface area contributed by atoms with E-state index in [0.29, 0.717) is 36.6 Å². The van der Waals surface area contributed by atoms with Gasteiger partial charge in [-0.3, -0.25) is 9.48 Å². The van der Waals surface area contributed by atoms with Crippen LogP contribution in [0.5, 0.6) is 5.88 Å². The summed E-state index contributed by atoms with van der Waals surface area (Å²) in [4.78, 5) is 12.3. The Hall–Kier alpha value is -2.81. The van der Waals surface area contributed by atoms with Gasteiger partial charge in [-0.25, -0.2) is 0 Å². The largest absolute Gasteiger partial charge is 0.476 e. The number of aryl methyl sites for hydroxylation is 2. The van der Waals surface area contributed by atoms with Gasteiger partial charge in [-0.2, -0.15) is 0 Å². The zero-order valence-electron chi connectivity index (χ0n) is 17.9. The van der Waals surface area contributed by atoms with E-state index in [1.54, 1.807) is 0 Å². The number of benzene rings is 1. The van der Waals surface area contributed by atoms with Crippen molar-refractivity contribution >= 4 is 17.7 Å². The van der Waals surface area contributed by atoms with Crippen molar-refractivity contribution < 1.29 is 9.53 Å². The van der Waals surface area contributed by atoms with Crippen LogP contribution >= 0.6 is 11.8 Å². The molecule has 0 atom stereocenters. The quantitative estimate of drug-likeness (QED) is 0.499. The van der Waals surface area contributed by atoms with Crippen molar-refractivity contribution in [3.8, 4) is 17.3 Å². The van der Waals surface area contributed by atoms with Crippen LogP contribution in [0.4, 0.5) is 0 Å². The molecule has 1 amide bonds. The normalized spacial score (nSPS) is 10.9. The zero-order chi connectivity index (χ0) is 21.5. The van der Waals surface area contributed by atoms with Gasteiger partial charge in [0.25, 0.3) is 0 Å². The van der Waals surface area contributed by atoms with Gasteiger partial charge >= 0.3 is 0 Å². The Bertz CT molecular complexity index is 980. The Morgan fingerprint density at radius 3 is 2.57 bits per heavy atom. The smallest absolute Gasteiger partial charge is 0.243 e. The van der Waals surface area contributed by atoms with Crippen molar-refractivity contribution in [2.24, 2.45) is 0 Å². The van der Waals surface area contributed by atoms with Crippen LogP contribution in [-0.2, 0) is 24.4 Å². The Balaban J connectivity index is 1.66. The van der Waals surface area contributed by atoms with Crippen LogP contribution in [0.15, 0.2) is 35.6 Å². The predicted molar refractivity (Wildman–Crippen MR) is 118 cm³/mol. The SMILES string of the molecule is CCOc1nn(CC)cc1-c1nnc(SCC(=O)NCc2ccc(C)cc2)n1CC. The highest BCUT2D eigenvalue weighted by atomic mass is 32.2. The minimum absolute atomic E-state index is 0.0402. The Kier molecular flexibility index (Phi) is 7.51. The maximum atomic E-state index is 12.3. The molecular weight excluding hydrogens is 400 g/mol. The molecule has 0 spiro atoms. The van der Waals surface area contributed by atoms with Gasteiger partial charge in [-0.05, 0) is 33.3 Å². The van der Waals surface area contributed by atoms with Crippen molar-refractivity contribution in [2.45, 2.75) is 52.5 Å². The van der Waals surface area contributed by atoms with Crippen molar-refractivity contribution in [2.75, 3.05) is 12.4 Å². The number of rotatable bonds is 10. The van der Waals surface area contributed by atoms with E-state index >= 15 is 0 Å². The van der Waals surface area contributed by atoms with E-state index in [4.69, 9.17) is 4.74 Å². The summed E-state index contributed by atoms with van der Waals surface area (Å²) < 4.78 is 9.48. The molecule has 0 saturated heterocycles. The molecule has 9 heteroatoms. The fourth-order valence-electron chi connectivity index (χ4n) is 2.93. The van der Waals surface area contributed by atoms with Crippen molar-refractivity contribution in [1.82, 2.24) is 29.9 Å². The van der Waals surface area contributed by atoms with E-state index in [1.165, 1.54) is 17.3 Å². The highest BCUT2D eigenvalue weighted by Gasteiger charge is 2.20. The average Bonchev–Trinajstić information content (AvgIpc) is 3.35. The molecule has 0 unspecified atom stereocenters. The summed E-state index contributed by atoms with van der Waals surface area (Å²) in [7, 11) is 0. The first-order valence-corrected chi connectivity index (χ1v) is 11.1. The maximum Gasteiger partial charge on any atom is 0.243 e. The van der Waals surface area contributed by atoms with Crippen molar-refractivity contribution in [1.29, 1.82) is 0 Å². The van der Waals surface area contributed by atoms with E-state index in [1.807, 2.05) is 67.4 Å². The van der Waals surface area contributed by atoms with Crippen molar-refractivity contribution in [3.63, 3.8) is 0 Å². The fraction of sp³-hybridized carbons (Fsp3) is 0.429. The minimum atomic E-state index is -0.0402. The second-order valence-electron chi connectivity index (χ2n) is 6.74. The lowest BCUT2D eigenvalue weighted by molar-refractivity contribution is -0.118. The average molecular weight is 429 g/mol. The first kappa shape index (κ1) is 21.9. The van der Waals surface area contributed by atoms with Crippen LogP contribution in [0, 0.1) is 6.92 Å². The lowest BCUT2D eigenvalue weighted by Gasteiger charge is -2.08. The molecule has 8 nitrogen and oxygen atoms in total. The first-order chi connectivity index (χ1) is 14.5. The summed E-state index contributed by atoms with van der Waals surface area (Å²) >= 11 is 1.37. The second kappa shape index (κ2) is 10.3. The summed E-state index contributed by atoms with van der Waals surface area (Å²) in [6.45, 7) is 10.5. The summed E-state index contributed by atoms with van der Waals surface area (Å²) in [5, 5.41) is 16.8. The Morgan fingerprint density at radius 2 is 1.90 bits per heavy atom. The molecule has 0 fully saturated rings. The third kappa shape index (κ3) is 5.21. The van der Waals surface area contributed by atoms with Crippen molar-refractivity contribution in [3.05, 3.63) is 41.6 Å². The molecule has 1 N–H and O–H groups in total. The van der Waals surface area contributed by atoms with Gasteiger partial charge in [0.2, 0.25) is 11.8 Å². The molecule has 160 valence electrons. The summed E-state index contributed by atoms with van der Waals surface area (Å²) in [5.74, 6) is 1.48. The third-order valence-corrected chi connectivity index (χ3v) is 5.52. The number of nitrogens with zero attached hydrogens (tertiary/aromatic N) is 5. The molecule has 2 aromatic heterocycles. The molecule has 3 aromatic rings. The Morgan fingerprint density at radius 1 is 1.13 bits per heavy atom. The van der Waals surface area contributed by atoms with Gasteiger partial charge in [0.05, 0.1) is 12.4 Å². The monoisotopic (exact) mass is 428 g/mol. The molecule has 0 aliphatic rings. The molecule has 0 aliphatic heterocycles. The van der Waals surface area contributed by atoms with Crippen LogP contribution < -0.4 is 10.1 Å². The fourth-order valence-corrected chi connectivity index (χ4v) is 3.76. The van der Waals surface area contributed by atoms with Gasteiger partial charge in [0, 0.05) is 25.8 Å². The number of ether oxygens (including phenoxy) is 1. The molecule has 2 heterocycles. The first-order valence-electron chi connectivity index (χ1n) is 10.1. The van der Waals surface area contributed by atoms with Crippen LogP contribution in [0.2, 0.25) is 0 Å². The number of amides is 1.